The highest BCUT2D eigenvalue weighted by molar-refractivity contribution is 5.94. The van der Waals surface area contributed by atoms with Crippen LogP contribution in [-0.4, -0.2) is 38.8 Å². The predicted molar refractivity (Wildman–Crippen MR) is 118 cm³/mol. The van der Waals surface area contributed by atoms with Gasteiger partial charge in [0.15, 0.2) is 0 Å². The Morgan fingerprint density at radius 2 is 2.03 bits per heavy atom. The Balaban J connectivity index is 1.39. The Hall–Kier alpha value is -3.11. The van der Waals surface area contributed by atoms with Crippen molar-refractivity contribution in [2.75, 3.05) is 5.32 Å². The van der Waals surface area contributed by atoms with Crippen LogP contribution in [0.3, 0.4) is 0 Å². The van der Waals surface area contributed by atoms with Gasteiger partial charge in [-0.15, -0.1) is 0 Å². The van der Waals surface area contributed by atoms with E-state index in [9.17, 15) is 27.9 Å². The first-order chi connectivity index (χ1) is 15.6. The number of anilines is 1. The van der Waals surface area contributed by atoms with Crippen LogP contribution in [-0.2, 0) is 17.8 Å². The highest BCUT2D eigenvalue weighted by Crippen LogP contribution is 2.30. The molecule has 1 aliphatic rings. The molecule has 7 nitrogen and oxygen atoms in total. The van der Waals surface area contributed by atoms with E-state index in [0.717, 1.165) is 11.1 Å². The Bertz CT molecular complexity index is 1220. The number of aryl methyl sites for hydroxylation is 2. The van der Waals surface area contributed by atoms with Crippen molar-refractivity contribution < 1.29 is 23.1 Å². The smallest absolute Gasteiger partial charge is 0.387 e. The van der Waals surface area contributed by atoms with Crippen LogP contribution in [0.1, 0.15) is 37.0 Å². The van der Waals surface area contributed by atoms with Gasteiger partial charge in [0.05, 0.1) is 17.1 Å². The number of hydrogen-bond acceptors (Lipinski definition) is 4. The third kappa shape index (κ3) is 4.96. The lowest BCUT2D eigenvalue weighted by molar-refractivity contribution is -0.167. The molecule has 0 aliphatic carbocycles. The van der Waals surface area contributed by atoms with E-state index in [1.807, 2.05) is 24.4 Å². The molecule has 2 heterocycles. The number of amides is 1. The van der Waals surface area contributed by atoms with E-state index in [4.69, 9.17) is 0 Å². The average Bonchev–Trinajstić information content (AvgIpc) is 3.01. The normalized spacial score (nSPS) is 19.3. The van der Waals surface area contributed by atoms with E-state index >= 15 is 0 Å². The SMILES string of the molecule is CC(CCc1cccc(NC(=O)C(F)(F)F)c1)NC1CCn2c(=O)[nH]c3cccc(c32)C1O. The summed E-state index contributed by atoms with van der Waals surface area (Å²) in [5.74, 6) is -2.00. The molecule has 1 amide bonds. The number of aromatic nitrogens is 2. The third-order valence-corrected chi connectivity index (χ3v) is 5.99. The zero-order valence-corrected chi connectivity index (χ0v) is 17.9. The lowest BCUT2D eigenvalue weighted by Crippen LogP contribution is -2.41. The summed E-state index contributed by atoms with van der Waals surface area (Å²) in [6.45, 7) is 2.44. The number of H-pyrrole nitrogens is 1. The molecular formula is C23H25F3N4O3. The molecule has 0 spiro atoms. The second-order valence-corrected chi connectivity index (χ2v) is 8.42. The van der Waals surface area contributed by atoms with Crippen molar-refractivity contribution in [3.63, 3.8) is 0 Å². The number of nitrogens with zero attached hydrogens (tertiary/aromatic N) is 1. The molecule has 1 aliphatic heterocycles. The van der Waals surface area contributed by atoms with Gasteiger partial charge in [-0.3, -0.25) is 9.36 Å². The second kappa shape index (κ2) is 9.03. The zero-order valence-electron chi connectivity index (χ0n) is 17.9. The molecule has 3 unspecified atom stereocenters. The molecule has 4 rings (SSSR count). The fourth-order valence-electron chi connectivity index (χ4n) is 4.36. The fourth-order valence-corrected chi connectivity index (χ4v) is 4.36. The van der Waals surface area contributed by atoms with Gasteiger partial charge >= 0.3 is 17.8 Å². The van der Waals surface area contributed by atoms with Crippen LogP contribution in [0.5, 0.6) is 0 Å². The van der Waals surface area contributed by atoms with Gasteiger partial charge in [0.25, 0.3) is 0 Å². The molecule has 10 heteroatoms. The Labute approximate surface area is 187 Å². The molecule has 2 aromatic carbocycles. The minimum absolute atomic E-state index is 0.00646. The van der Waals surface area contributed by atoms with Crippen LogP contribution in [0.4, 0.5) is 18.9 Å². The molecule has 1 aromatic heterocycles. The molecule has 0 saturated heterocycles. The molecular weight excluding hydrogens is 437 g/mol. The standard InChI is InChI=1S/C23H25F3N4O3/c1-13(8-9-14-4-2-5-15(12-14)28-21(32)23(24,25)26)27-18-10-11-30-19-16(20(18)31)6-3-7-17(19)29-22(30)33/h2-7,12-13,18,20,27,31H,8-11H2,1H3,(H,28,32)(H,29,33). The van der Waals surface area contributed by atoms with Crippen molar-refractivity contribution in [2.45, 2.75) is 57.1 Å². The number of benzene rings is 2. The number of nitrogens with one attached hydrogen (secondary N) is 3. The van der Waals surface area contributed by atoms with Crippen LogP contribution in [0.2, 0.25) is 0 Å². The van der Waals surface area contributed by atoms with Crippen LogP contribution in [0, 0.1) is 0 Å². The Morgan fingerprint density at radius 1 is 1.27 bits per heavy atom. The van der Waals surface area contributed by atoms with Crippen molar-refractivity contribution in [1.29, 1.82) is 0 Å². The van der Waals surface area contributed by atoms with Gasteiger partial charge in [-0.1, -0.05) is 24.3 Å². The summed E-state index contributed by atoms with van der Waals surface area (Å²) in [4.78, 5) is 26.2. The van der Waals surface area contributed by atoms with E-state index in [1.165, 1.54) is 12.1 Å². The highest BCUT2D eigenvalue weighted by atomic mass is 19.4. The molecule has 3 aromatic rings. The highest BCUT2D eigenvalue weighted by Gasteiger charge is 2.38. The van der Waals surface area contributed by atoms with E-state index in [2.05, 4.69) is 10.3 Å². The molecule has 4 N–H and O–H groups in total. The van der Waals surface area contributed by atoms with Gasteiger partial charge in [-0.05, 0) is 49.9 Å². The molecule has 0 fully saturated rings. The quantitative estimate of drug-likeness (QED) is 0.452. The minimum Gasteiger partial charge on any atom is -0.387 e. The number of aliphatic hydroxyl groups excluding tert-OH is 1. The van der Waals surface area contributed by atoms with Crippen LogP contribution < -0.4 is 16.3 Å². The number of aliphatic hydroxyl groups is 1. The van der Waals surface area contributed by atoms with Gasteiger partial charge in [-0.25, -0.2) is 4.79 Å². The predicted octanol–water partition coefficient (Wildman–Crippen LogP) is 3.25. The maximum Gasteiger partial charge on any atom is 0.471 e. The molecule has 0 radical (unpaired) electrons. The summed E-state index contributed by atoms with van der Waals surface area (Å²) in [7, 11) is 0. The summed E-state index contributed by atoms with van der Waals surface area (Å²) >= 11 is 0. The summed E-state index contributed by atoms with van der Waals surface area (Å²) in [5, 5.41) is 16.3. The minimum atomic E-state index is -4.94. The molecule has 33 heavy (non-hydrogen) atoms. The fraction of sp³-hybridized carbons (Fsp3) is 0.391. The third-order valence-electron chi connectivity index (χ3n) is 5.99. The zero-order chi connectivity index (χ0) is 23.8. The number of aromatic amines is 1. The van der Waals surface area contributed by atoms with Gasteiger partial charge in [0.2, 0.25) is 0 Å². The van der Waals surface area contributed by atoms with Crippen LogP contribution >= 0.6 is 0 Å². The maximum atomic E-state index is 12.5. The van der Waals surface area contributed by atoms with Crippen molar-refractivity contribution >= 4 is 22.6 Å². The van der Waals surface area contributed by atoms with Gasteiger partial charge in [0.1, 0.15) is 0 Å². The number of halogens is 3. The summed E-state index contributed by atoms with van der Waals surface area (Å²) < 4.78 is 39.1. The van der Waals surface area contributed by atoms with E-state index < -0.39 is 18.2 Å². The molecule has 176 valence electrons. The number of alkyl halides is 3. The topological polar surface area (TPSA) is 99.2 Å². The average molecular weight is 462 g/mol. The van der Waals surface area contributed by atoms with Crippen molar-refractivity contribution in [1.82, 2.24) is 14.9 Å². The van der Waals surface area contributed by atoms with Crippen molar-refractivity contribution in [3.8, 4) is 0 Å². The number of carbonyl (C=O) groups excluding carboxylic acids is 1. The molecule has 0 bridgehead atoms. The number of para-hydroxylation sites is 1. The second-order valence-electron chi connectivity index (χ2n) is 8.42. The lowest BCUT2D eigenvalue weighted by Gasteiger charge is -2.26. The number of imidazole rings is 1. The summed E-state index contributed by atoms with van der Waals surface area (Å²) in [6, 6.07) is 11.5. The summed E-state index contributed by atoms with van der Waals surface area (Å²) in [6.07, 6.45) is -3.93. The van der Waals surface area contributed by atoms with E-state index in [0.29, 0.717) is 36.9 Å². The maximum absolute atomic E-state index is 12.5. The lowest BCUT2D eigenvalue weighted by atomic mass is 9.98. The Morgan fingerprint density at radius 3 is 2.79 bits per heavy atom. The largest absolute Gasteiger partial charge is 0.471 e. The van der Waals surface area contributed by atoms with Gasteiger partial charge in [0, 0.05) is 29.9 Å². The number of rotatable bonds is 6. The van der Waals surface area contributed by atoms with Crippen molar-refractivity contribution in [3.05, 3.63) is 64.1 Å². The van der Waals surface area contributed by atoms with Crippen LogP contribution in [0.25, 0.3) is 11.0 Å². The summed E-state index contributed by atoms with van der Waals surface area (Å²) in [5.41, 5.74) is 2.80. The first-order valence-corrected chi connectivity index (χ1v) is 10.8. The van der Waals surface area contributed by atoms with Crippen LogP contribution in [0.15, 0.2) is 47.3 Å². The van der Waals surface area contributed by atoms with E-state index in [1.54, 1.807) is 22.8 Å². The first-order valence-electron chi connectivity index (χ1n) is 10.8. The van der Waals surface area contributed by atoms with Crippen molar-refractivity contribution in [2.24, 2.45) is 0 Å². The molecule has 0 saturated carbocycles. The van der Waals surface area contributed by atoms with Gasteiger partial charge < -0.3 is 20.7 Å². The Kier molecular flexibility index (Phi) is 6.31. The van der Waals surface area contributed by atoms with E-state index in [-0.39, 0.29) is 23.5 Å². The number of hydrogen-bond donors (Lipinski definition) is 4. The number of carbonyl (C=O) groups is 1. The van der Waals surface area contributed by atoms with Gasteiger partial charge in [-0.2, -0.15) is 13.2 Å². The monoisotopic (exact) mass is 462 g/mol. The first kappa shape index (κ1) is 23.1. The molecule has 3 atom stereocenters.